The Kier molecular flexibility index (Phi) is 8.26. The summed E-state index contributed by atoms with van der Waals surface area (Å²) >= 11 is 0. The molecule has 0 amide bonds. The van der Waals surface area contributed by atoms with E-state index in [9.17, 15) is 14.4 Å². The molecule has 1 aliphatic heterocycles. The van der Waals surface area contributed by atoms with Crippen LogP contribution in [0.3, 0.4) is 0 Å². The third-order valence-electron chi connectivity index (χ3n) is 4.70. The normalized spacial score (nSPS) is 24.3. The molecule has 24 heavy (non-hydrogen) atoms. The number of aldehydes is 1. The first-order chi connectivity index (χ1) is 11.3. The van der Waals surface area contributed by atoms with Crippen molar-refractivity contribution in [2.75, 3.05) is 6.61 Å². The standard InChI is InChI=1S/C20H30O4/c1-15(2)7-9-18(22)16(3)6-5-12-20(4)19(23)10-8-17(11-13-21)14-24-20/h7,11,13,16H,5-6,8-10,12,14H2,1-4H3/t16?,20-/m0/s1. The molecule has 0 saturated carbocycles. The van der Waals surface area contributed by atoms with E-state index in [1.165, 1.54) is 6.08 Å². The first-order valence-electron chi connectivity index (χ1n) is 8.75. The van der Waals surface area contributed by atoms with Crippen molar-refractivity contribution >= 4 is 17.9 Å². The molecule has 1 unspecified atom stereocenters. The van der Waals surface area contributed by atoms with Crippen molar-refractivity contribution in [1.29, 1.82) is 0 Å². The van der Waals surface area contributed by atoms with E-state index in [4.69, 9.17) is 4.74 Å². The maximum Gasteiger partial charge on any atom is 0.164 e. The van der Waals surface area contributed by atoms with Crippen molar-refractivity contribution in [1.82, 2.24) is 0 Å². The number of carbonyl (C=O) groups excluding carboxylic acids is 3. The van der Waals surface area contributed by atoms with Gasteiger partial charge in [-0.15, -0.1) is 0 Å². The van der Waals surface area contributed by atoms with Gasteiger partial charge in [0.15, 0.2) is 5.78 Å². The molecule has 0 aromatic rings. The summed E-state index contributed by atoms with van der Waals surface area (Å²) in [4.78, 5) is 35.0. The fourth-order valence-electron chi connectivity index (χ4n) is 2.79. The Labute approximate surface area is 145 Å². The highest BCUT2D eigenvalue weighted by Crippen LogP contribution is 2.28. The van der Waals surface area contributed by atoms with Crippen molar-refractivity contribution < 1.29 is 19.1 Å². The third kappa shape index (κ3) is 6.52. The Morgan fingerprint density at radius 3 is 2.67 bits per heavy atom. The summed E-state index contributed by atoms with van der Waals surface area (Å²) < 4.78 is 5.82. The lowest BCUT2D eigenvalue weighted by Gasteiger charge is -2.27. The molecule has 4 nitrogen and oxygen atoms in total. The zero-order valence-corrected chi connectivity index (χ0v) is 15.4. The van der Waals surface area contributed by atoms with Gasteiger partial charge in [0.25, 0.3) is 0 Å². The monoisotopic (exact) mass is 334 g/mol. The first-order valence-corrected chi connectivity index (χ1v) is 8.75. The second-order valence-electron chi connectivity index (χ2n) is 7.15. The smallest absolute Gasteiger partial charge is 0.164 e. The second-order valence-corrected chi connectivity index (χ2v) is 7.15. The summed E-state index contributed by atoms with van der Waals surface area (Å²) in [5.74, 6) is 0.321. The molecule has 134 valence electrons. The number of ketones is 2. The van der Waals surface area contributed by atoms with E-state index in [1.807, 2.05) is 33.8 Å². The van der Waals surface area contributed by atoms with E-state index in [0.717, 1.165) is 30.3 Å². The van der Waals surface area contributed by atoms with Gasteiger partial charge < -0.3 is 4.74 Å². The average molecular weight is 334 g/mol. The highest BCUT2D eigenvalue weighted by atomic mass is 16.5. The second kappa shape index (κ2) is 9.67. The molecule has 0 spiro atoms. The highest BCUT2D eigenvalue weighted by Gasteiger charge is 2.35. The quantitative estimate of drug-likeness (QED) is 0.383. The van der Waals surface area contributed by atoms with Crippen LogP contribution in [0.4, 0.5) is 0 Å². The van der Waals surface area contributed by atoms with Crippen molar-refractivity contribution in [2.45, 2.75) is 71.8 Å². The van der Waals surface area contributed by atoms with Gasteiger partial charge in [-0.3, -0.25) is 14.4 Å². The third-order valence-corrected chi connectivity index (χ3v) is 4.70. The van der Waals surface area contributed by atoms with Gasteiger partial charge in [-0.1, -0.05) is 18.6 Å². The topological polar surface area (TPSA) is 60.4 Å². The molecule has 2 atom stereocenters. The summed E-state index contributed by atoms with van der Waals surface area (Å²) in [7, 11) is 0. The van der Waals surface area contributed by atoms with E-state index in [2.05, 4.69) is 0 Å². The molecule has 1 heterocycles. The summed E-state index contributed by atoms with van der Waals surface area (Å²) in [6.07, 6.45) is 7.81. The van der Waals surface area contributed by atoms with Crippen LogP contribution >= 0.6 is 0 Å². The maximum atomic E-state index is 12.4. The molecule has 0 aliphatic carbocycles. The van der Waals surface area contributed by atoms with Gasteiger partial charge in [0.1, 0.15) is 17.7 Å². The fourth-order valence-corrected chi connectivity index (χ4v) is 2.79. The van der Waals surface area contributed by atoms with E-state index in [1.54, 1.807) is 0 Å². The van der Waals surface area contributed by atoms with Gasteiger partial charge in [-0.2, -0.15) is 0 Å². The summed E-state index contributed by atoms with van der Waals surface area (Å²) in [5.41, 5.74) is 1.22. The zero-order chi connectivity index (χ0) is 18.2. The summed E-state index contributed by atoms with van der Waals surface area (Å²) in [6, 6.07) is 0. The number of carbonyl (C=O) groups is 3. The van der Waals surface area contributed by atoms with Gasteiger partial charge in [0.2, 0.25) is 0 Å². The number of Topliss-reactive ketones (excluding diaryl/α,β-unsaturated/α-hetero) is 2. The van der Waals surface area contributed by atoms with Crippen LogP contribution in [0.5, 0.6) is 0 Å². The molecule has 0 N–H and O–H groups in total. The van der Waals surface area contributed by atoms with Crippen LogP contribution in [0.2, 0.25) is 0 Å². The van der Waals surface area contributed by atoms with Crippen molar-refractivity contribution in [3.8, 4) is 0 Å². The van der Waals surface area contributed by atoms with Crippen LogP contribution in [-0.2, 0) is 19.1 Å². The molecule has 0 aromatic carbocycles. The Balaban J connectivity index is 2.51. The molecular weight excluding hydrogens is 304 g/mol. The Hall–Kier alpha value is -1.55. The molecule has 0 aromatic heterocycles. The van der Waals surface area contributed by atoms with Gasteiger partial charge in [0.05, 0.1) is 6.61 Å². The van der Waals surface area contributed by atoms with Crippen LogP contribution in [0.25, 0.3) is 0 Å². The lowest BCUT2D eigenvalue weighted by Crippen LogP contribution is -2.37. The maximum absolute atomic E-state index is 12.4. The van der Waals surface area contributed by atoms with Gasteiger partial charge >= 0.3 is 0 Å². The highest BCUT2D eigenvalue weighted by molar-refractivity contribution is 5.87. The van der Waals surface area contributed by atoms with E-state index >= 15 is 0 Å². The molecule has 0 radical (unpaired) electrons. The number of allylic oxidation sites excluding steroid dienone is 3. The lowest BCUT2D eigenvalue weighted by atomic mass is 9.88. The first kappa shape index (κ1) is 20.5. The van der Waals surface area contributed by atoms with E-state index in [-0.39, 0.29) is 17.5 Å². The van der Waals surface area contributed by atoms with Crippen LogP contribution in [0.1, 0.15) is 66.2 Å². The predicted octanol–water partition coefficient (Wildman–Crippen LogP) is 3.98. The number of hydrogen-bond donors (Lipinski definition) is 0. The zero-order valence-electron chi connectivity index (χ0n) is 15.4. The Bertz CT molecular complexity index is 526. The van der Waals surface area contributed by atoms with Crippen LogP contribution < -0.4 is 0 Å². The Morgan fingerprint density at radius 2 is 2.04 bits per heavy atom. The van der Waals surface area contributed by atoms with Crippen molar-refractivity contribution in [2.24, 2.45) is 5.92 Å². The molecule has 1 fully saturated rings. The van der Waals surface area contributed by atoms with Crippen LogP contribution in [0.15, 0.2) is 23.3 Å². The van der Waals surface area contributed by atoms with E-state index < -0.39 is 5.60 Å². The molecular formula is C20H30O4. The lowest BCUT2D eigenvalue weighted by molar-refractivity contribution is -0.140. The predicted molar refractivity (Wildman–Crippen MR) is 94.8 cm³/mol. The summed E-state index contributed by atoms with van der Waals surface area (Å²) in [5, 5.41) is 0. The summed E-state index contributed by atoms with van der Waals surface area (Å²) in [6.45, 7) is 8.08. The van der Waals surface area contributed by atoms with Crippen LogP contribution in [-0.4, -0.2) is 30.1 Å². The minimum absolute atomic E-state index is 0.00407. The molecule has 1 rings (SSSR count). The molecule has 1 saturated heterocycles. The largest absolute Gasteiger partial charge is 0.363 e. The molecule has 4 heteroatoms. The van der Waals surface area contributed by atoms with Gasteiger partial charge in [-0.05, 0) is 58.1 Å². The Morgan fingerprint density at radius 1 is 1.33 bits per heavy atom. The number of rotatable bonds is 8. The average Bonchev–Trinajstić information content (AvgIpc) is 2.66. The number of hydrogen-bond acceptors (Lipinski definition) is 4. The minimum atomic E-state index is -0.804. The number of ether oxygens (including phenoxy) is 1. The molecule has 1 aliphatic rings. The molecule has 0 bridgehead atoms. The van der Waals surface area contributed by atoms with Crippen LogP contribution in [0, 0.1) is 5.92 Å². The van der Waals surface area contributed by atoms with E-state index in [0.29, 0.717) is 32.3 Å². The minimum Gasteiger partial charge on any atom is -0.363 e. The fraction of sp³-hybridized carbons (Fsp3) is 0.650. The van der Waals surface area contributed by atoms with Gasteiger partial charge in [0, 0.05) is 18.8 Å². The SMILES string of the molecule is CC(C)=CCC(=O)C(C)CCC[C@]1(C)OCC(=CC=O)CCC1=O. The van der Waals surface area contributed by atoms with Crippen molar-refractivity contribution in [3.63, 3.8) is 0 Å². The van der Waals surface area contributed by atoms with Crippen molar-refractivity contribution in [3.05, 3.63) is 23.3 Å². The van der Waals surface area contributed by atoms with Gasteiger partial charge in [-0.25, -0.2) is 0 Å².